The van der Waals surface area contributed by atoms with Crippen LogP contribution in [0.5, 0.6) is 0 Å². The molecule has 0 spiro atoms. The van der Waals surface area contributed by atoms with Crippen LogP contribution in [0.2, 0.25) is 0 Å². The molecule has 0 amide bonds. The molecule has 4 heteroatoms. The molecule has 2 aromatic carbocycles. The largest absolute Gasteiger partial charge is 0.399 e. The van der Waals surface area contributed by atoms with Gasteiger partial charge in [0.2, 0.25) is 0 Å². The van der Waals surface area contributed by atoms with Crippen molar-refractivity contribution in [3.8, 4) is 0 Å². The van der Waals surface area contributed by atoms with Crippen molar-refractivity contribution in [2.24, 2.45) is 0 Å². The summed E-state index contributed by atoms with van der Waals surface area (Å²) in [5.41, 5.74) is 21.4. The van der Waals surface area contributed by atoms with Crippen molar-refractivity contribution in [2.75, 3.05) is 22.5 Å². The molecule has 0 unspecified atom stereocenters. The van der Waals surface area contributed by atoms with E-state index in [4.69, 9.17) is 17.2 Å². The van der Waals surface area contributed by atoms with Crippen LogP contribution >= 0.6 is 0 Å². The van der Waals surface area contributed by atoms with Gasteiger partial charge in [-0.05, 0) is 42.0 Å². The summed E-state index contributed by atoms with van der Waals surface area (Å²) < 4.78 is 0. The minimum atomic E-state index is 0.625. The summed E-state index contributed by atoms with van der Waals surface area (Å²) >= 11 is 0. The van der Waals surface area contributed by atoms with Gasteiger partial charge in [0.25, 0.3) is 0 Å². The Balaban J connectivity index is 2.09. The fraction of sp³-hybridized carbons (Fsp3) is 0.0769. The van der Waals surface area contributed by atoms with E-state index in [2.05, 4.69) is 5.32 Å². The van der Waals surface area contributed by atoms with Gasteiger partial charge in [-0.3, -0.25) is 0 Å². The van der Waals surface area contributed by atoms with Gasteiger partial charge in [-0.1, -0.05) is 6.07 Å². The molecule has 0 bridgehead atoms. The average Bonchev–Trinajstić information content (AvgIpc) is 2.30. The first-order chi connectivity index (χ1) is 8.15. The summed E-state index contributed by atoms with van der Waals surface area (Å²) in [6.07, 6.45) is 0. The van der Waals surface area contributed by atoms with Crippen LogP contribution in [0.4, 0.5) is 22.7 Å². The number of hydrogen-bond acceptors (Lipinski definition) is 4. The monoisotopic (exact) mass is 228 g/mol. The molecular formula is C13H16N4. The number of rotatable bonds is 3. The zero-order valence-electron chi connectivity index (χ0n) is 9.48. The van der Waals surface area contributed by atoms with E-state index < -0.39 is 0 Å². The quantitative estimate of drug-likeness (QED) is 0.605. The molecule has 0 aliphatic rings. The summed E-state index contributed by atoms with van der Waals surface area (Å²) in [7, 11) is 0. The van der Waals surface area contributed by atoms with Gasteiger partial charge >= 0.3 is 0 Å². The molecule has 4 nitrogen and oxygen atoms in total. The predicted molar refractivity (Wildman–Crippen MR) is 73.4 cm³/mol. The van der Waals surface area contributed by atoms with Crippen LogP contribution in [0, 0.1) is 0 Å². The van der Waals surface area contributed by atoms with E-state index in [1.165, 1.54) is 0 Å². The molecule has 17 heavy (non-hydrogen) atoms. The third-order valence-electron chi connectivity index (χ3n) is 2.54. The van der Waals surface area contributed by atoms with Gasteiger partial charge in [-0.15, -0.1) is 0 Å². The molecule has 0 saturated heterocycles. The van der Waals surface area contributed by atoms with Gasteiger partial charge in [0, 0.05) is 29.3 Å². The van der Waals surface area contributed by atoms with Crippen molar-refractivity contribution in [3.63, 3.8) is 0 Å². The highest BCUT2D eigenvalue weighted by Gasteiger charge is 2.00. The van der Waals surface area contributed by atoms with Crippen molar-refractivity contribution in [1.82, 2.24) is 0 Å². The zero-order valence-corrected chi connectivity index (χ0v) is 9.48. The molecule has 0 fully saturated rings. The Morgan fingerprint density at radius 2 is 1.65 bits per heavy atom. The van der Waals surface area contributed by atoms with Gasteiger partial charge in [-0.25, -0.2) is 0 Å². The van der Waals surface area contributed by atoms with Crippen LogP contribution in [-0.4, -0.2) is 0 Å². The van der Waals surface area contributed by atoms with Crippen LogP contribution in [0.1, 0.15) is 5.56 Å². The Kier molecular flexibility index (Phi) is 3.05. The Hall–Kier alpha value is -2.36. The molecule has 0 saturated carbocycles. The highest BCUT2D eigenvalue weighted by atomic mass is 14.9. The lowest BCUT2D eigenvalue weighted by molar-refractivity contribution is 1.15. The standard InChI is InChI=1S/C13H16N4/c14-10-2-1-3-12(7-10)17-8-9-6-11(15)4-5-13(9)16/h1-7,17H,8,14-16H2. The van der Waals surface area contributed by atoms with Crippen LogP contribution in [-0.2, 0) is 6.54 Å². The maximum atomic E-state index is 5.86. The summed E-state index contributed by atoms with van der Waals surface area (Å²) in [5.74, 6) is 0. The molecule has 0 aromatic heterocycles. The Morgan fingerprint density at radius 3 is 2.41 bits per heavy atom. The molecule has 2 rings (SSSR count). The van der Waals surface area contributed by atoms with Gasteiger partial charge in [0.05, 0.1) is 0 Å². The van der Waals surface area contributed by atoms with E-state index in [1.54, 1.807) is 6.07 Å². The van der Waals surface area contributed by atoms with Gasteiger partial charge in [0.1, 0.15) is 0 Å². The molecule has 88 valence electrons. The van der Waals surface area contributed by atoms with Crippen molar-refractivity contribution in [3.05, 3.63) is 48.0 Å². The van der Waals surface area contributed by atoms with Crippen molar-refractivity contribution < 1.29 is 0 Å². The normalized spacial score (nSPS) is 10.1. The second-order valence-corrected chi connectivity index (χ2v) is 3.94. The van der Waals surface area contributed by atoms with E-state index in [9.17, 15) is 0 Å². The Bertz CT molecular complexity index is 523. The minimum absolute atomic E-state index is 0.625. The lowest BCUT2D eigenvalue weighted by Gasteiger charge is -2.10. The minimum Gasteiger partial charge on any atom is -0.399 e. The first kappa shape index (κ1) is 11.1. The number of nitrogen functional groups attached to an aromatic ring is 3. The third-order valence-corrected chi connectivity index (χ3v) is 2.54. The maximum absolute atomic E-state index is 5.86. The zero-order chi connectivity index (χ0) is 12.3. The molecule has 7 N–H and O–H groups in total. The number of anilines is 4. The average molecular weight is 228 g/mol. The number of nitrogens with one attached hydrogen (secondary N) is 1. The molecule has 0 aliphatic carbocycles. The number of hydrogen-bond donors (Lipinski definition) is 4. The number of benzene rings is 2. The first-order valence-corrected chi connectivity index (χ1v) is 5.38. The highest BCUT2D eigenvalue weighted by molar-refractivity contribution is 5.58. The molecule has 0 atom stereocenters. The second-order valence-electron chi connectivity index (χ2n) is 3.94. The third kappa shape index (κ3) is 2.81. The second kappa shape index (κ2) is 4.65. The van der Waals surface area contributed by atoms with E-state index in [-0.39, 0.29) is 0 Å². The molecular weight excluding hydrogens is 212 g/mol. The van der Waals surface area contributed by atoms with Crippen LogP contribution in [0.15, 0.2) is 42.5 Å². The summed E-state index contributed by atoms with van der Waals surface area (Å²) in [6, 6.07) is 13.1. The Labute approximate surface area is 100 Å². The predicted octanol–water partition coefficient (Wildman–Crippen LogP) is 2.05. The molecule has 0 heterocycles. The van der Waals surface area contributed by atoms with Crippen molar-refractivity contribution in [2.45, 2.75) is 6.54 Å². The highest BCUT2D eigenvalue weighted by Crippen LogP contribution is 2.18. The van der Waals surface area contributed by atoms with Crippen LogP contribution < -0.4 is 22.5 Å². The van der Waals surface area contributed by atoms with Gasteiger partial charge in [-0.2, -0.15) is 0 Å². The van der Waals surface area contributed by atoms with E-state index in [0.29, 0.717) is 12.2 Å². The van der Waals surface area contributed by atoms with E-state index >= 15 is 0 Å². The van der Waals surface area contributed by atoms with Gasteiger partial charge < -0.3 is 22.5 Å². The van der Waals surface area contributed by atoms with Crippen LogP contribution in [0.25, 0.3) is 0 Å². The lowest BCUT2D eigenvalue weighted by atomic mass is 10.1. The van der Waals surface area contributed by atoms with E-state index in [0.717, 1.165) is 22.6 Å². The Morgan fingerprint density at radius 1 is 0.882 bits per heavy atom. The van der Waals surface area contributed by atoms with Crippen LogP contribution in [0.3, 0.4) is 0 Å². The van der Waals surface area contributed by atoms with E-state index in [1.807, 2.05) is 36.4 Å². The van der Waals surface area contributed by atoms with Crippen molar-refractivity contribution in [1.29, 1.82) is 0 Å². The maximum Gasteiger partial charge on any atom is 0.0421 e. The van der Waals surface area contributed by atoms with Gasteiger partial charge in [0.15, 0.2) is 0 Å². The molecule has 0 aliphatic heterocycles. The number of nitrogens with two attached hydrogens (primary N) is 3. The lowest BCUT2D eigenvalue weighted by Crippen LogP contribution is -2.04. The SMILES string of the molecule is Nc1cccc(NCc2cc(N)ccc2N)c1. The summed E-state index contributed by atoms with van der Waals surface area (Å²) in [5, 5.41) is 3.25. The topological polar surface area (TPSA) is 90.1 Å². The smallest absolute Gasteiger partial charge is 0.0421 e. The molecule has 2 aromatic rings. The molecule has 0 radical (unpaired) electrons. The fourth-order valence-electron chi connectivity index (χ4n) is 1.62. The van der Waals surface area contributed by atoms with Crippen molar-refractivity contribution >= 4 is 22.7 Å². The summed E-state index contributed by atoms with van der Waals surface area (Å²) in [6.45, 7) is 0.625. The fourth-order valence-corrected chi connectivity index (χ4v) is 1.62. The first-order valence-electron chi connectivity index (χ1n) is 5.38. The summed E-state index contributed by atoms with van der Waals surface area (Å²) in [4.78, 5) is 0.